The Hall–Kier alpha value is -3.45. The summed E-state index contributed by atoms with van der Waals surface area (Å²) >= 11 is 1.24. The molecular weight excluding hydrogens is 410 g/mol. The zero-order chi connectivity index (χ0) is 21.5. The van der Waals surface area contributed by atoms with E-state index in [0.717, 1.165) is 33.1 Å². The number of hydrogen-bond acceptors (Lipinski definition) is 6. The van der Waals surface area contributed by atoms with Gasteiger partial charge in [0, 0.05) is 22.9 Å². The number of carbonyl (C=O) groups excluding carboxylic acids is 2. The zero-order valence-electron chi connectivity index (χ0n) is 17.0. The summed E-state index contributed by atoms with van der Waals surface area (Å²) in [4.78, 5) is 36.5. The molecule has 1 fully saturated rings. The Kier molecular flexibility index (Phi) is 4.82. The second kappa shape index (κ2) is 7.67. The molecule has 2 amide bonds. The number of amides is 2. The van der Waals surface area contributed by atoms with Crippen LogP contribution in [0.25, 0.3) is 21.7 Å². The number of ether oxygens (including phenoxy) is 1. The third-order valence-corrected chi connectivity index (χ3v) is 6.48. The SMILES string of the molecule is COc1ccc2nc(SC3CC(=O)N(c4cccc5ccccc45)C3=O)nc(C)c2c1. The summed E-state index contributed by atoms with van der Waals surface area (Å²) in [7, 11) is 1.62. The Balaban J connectivity index is 1.46. The Labute approximate surface area is 183 Å². The maximum absolute atomic E-state index is 13.2. The highest BCUT2D eigenvalue weighted by Gasteiger charge is 2.41. The minimum atomic E-state index is -0.554. The molecule has 1 unspecified atom stereocenters. The van der Waals surface area contributed by atoms with Crippen LogP contribution in [0.5, 0.6) is 5.75 Å². The number of carbonyl (C=O) groups is 2. The first-order valence-corrected chi connectivity index (χ1v) is 10.8. The van der Waals surface area contributed by atoms with E-state index in [1.165, 1.54) is 16.7 Å². The van der Waals surface area contributed by atoms with E-state index in [-0.39, 0.29) is 18.2 Å². The first-order chi connectivity index (χ1) is 15.0. The predicted molar refractivity (Wildman–Crippen MR) is 122 cm³/mol. The van der Waals surface area contributed by atoms with Crippen LogP contribution in [0.3, 0.4) is 0 Å². The van der Waals surface area contributed by atoms with Crippen molar-refractivity contribution in [1.82, 2.24) is 9.97 Å². The van der Waals surface area contributed by atoms with Crippen LogP contribution >= 0.6 is 11.8 Å². The number of anilines is 1. The molecule has 4 aromatic rings. The van der Waals surface area contributed by atoms with Crippen LogP contribution in [0.2, 0.25) is 0 Å². The molecule has 31 heavy (non-hydrogen) atoms. The highest BCUT2D eigenvalue weighted by atomic mass is 32.2. The Morgan fingerprint density at radius 2 is 1.81 bits per heavy atom. The minimum absolute atomic E-state index is 0.121. The molecule has 1 atom stereocenters. The van der Waals surface area contributed by atoms with Crippen molar-refractivity contribution in [3.8, 4) is 5.75 Å². The molecule has 0 radical (unpaired) electrons. The van der Waals surface area contributed by atoms with Gasteiger partial charge in [0.05, 0.1) is 18.3 Å². The number of imide groups is 1. The first-order valence-electron chi connectivity index (χ1n) is 9.89. The average Bonchev–Trinajstić information content (AvgIpc) is 3.05. The molecular formula is C24H19N3O3S. The normalized spacial score (nSPS) is 16.5. The standard InChI is InChI=1S/C24H19N3O3S/c1-14-18-12-16(30-2)10-11-19(18)26-24(25-14)31-21-13-22(28)27(23(21)29)20-9-5-7-15-6-3-4-8-17(15)20/h3-12,21H,13H2,1-2H3. The van der Waals surface area contributed by atoms with E-state index < -0.39 is 5.25 Å². The van der Waals surface area contributed by atoms with Crippen LogP contribution in [0.15, 0.2) is 65.8 Å². The highest BCUT2D eigenvalue weighted by molar-refractivity contribution is 8.00. The average molecular weight is 430 g/mol. The summed E-state index contributed by atoms with van der Waals surface area (Å²) in [6.07, 6.45) is 0.121. The number of hydrogen-bond donors (Lipinski definition) is 0. The molecule has 1 aliphatic heterocycles. The Morgan fingerprint density at radius 1 is 1.00 bits per heavy atom. The van der Waals surface area contributed by atoms with Gasteiger partial charge in [0.2, 0.25) is 11.8 Å². The molecule has 1 aliphatic rings. The molecule has 1 saturated heterocycles. The van der Waals surface area contributed by atoms with Crippen LogP contribution < -0.4 is 9.64 Å². The molecule has 154 valence electrons. The maximum Gasteiger partial charge on any atom is 0.247 e. The number of thioether (sulfide) groups is 1. The Morgan fingerprint density at radius 3 is 2.65 bits per heavy atom. The van der Waals surface area contributed by atoms with E-state index in [1.54, 1.807) is 7.11 Å². The van der Waals surface area contributed by atoms with Gasteiger partial charge >= 0.3 is 0 Å². The van der Waals surface area contributed by atoms with Crippen molar-refractivity contribution in [1.29, 1.82) is 0 Å². The summed E-state index contributed by atoms with van der Waals surface area (Å²) in [5.41, 5.74) is 2.20. The zero-order valence-corrected chi connectivity index (χ0v) is 17.8. The van der Waals surface area contributed by atoms with Gasteiger partial charge < -0.3 is 4.74 Å². The quantitative estimate of drug-likeness (QED) is 0.351. The van der Waals surface area contributed by atoms with Gasteiger partial charge in [-0.25, -0.2) is 14.9 Å². The molecule has 0 saturated carbocycles. The van der Waals surface area contributed by atoms with E-state index in [0.29, 0.717) is 10.8 Å². The van der Waals surface area contributed by atoms with E-state index in [1.807, 2.05) is 67.6 Å². The van der Waals surface area contributed by atoms with Crippen LogP contribution in [0.1, 0.15) is 12.1 Å². The van der Waals surface area contributed by atoms with Crippen LogP contribution in [-0.2, 0) is 9.59 Å². The van der Waals surface area contributed by atoms with Gasteiger partial charge in [-0.05, 0) is 36.6 Å². The van der Waals surface area contributed by atoms with Crippen molar-refractivity contribution in [3.05, 3.63) is 66.4 Å². The predicted octanol–water partition coefficient (Wildman–Crippen LogP) is 4.52. The van der Waals surface area contributed by atoms with Crippen molar-refractivity contribution in [2.75, 3.05) is 12.0 Å². The Bertz CT molecular complexity index is 1350. The van der Waals surface area contributed by atoms with E-state index in [2.05, 4.69) is 9.97 Å². The van der Waals surface area contributed by atoms with Crippen LogP contribution in [0, 0.1) is 6.92 Å². The maximum atomic E-state index is 13.2. The van der Waals surface area contributed by atoms with Crippen molar-refractivity contribution in [2.45, 2.75) is 23.8 Å². The molecule has 0 N–H and O–H groups in total. The smallest absolute Gasteiger partial charge is 0.247 e. The van der Waals surface area contributed by atoms with E-state index in [4.69, 9.17) is 4.74 Å². The second-order valence-electron chi connectivity index (χ2n) is 7.35. The van der Waals surface area contributed by atoms with Gasteiger partial charge in [0.1, 0.15) is 11.0 Å². The van der Waals surface area contributed by atoms with Gasteiger partial charge in [-0.2, -0.15) is 0 Å². The largest absolute Gasteiger partial charge is 0.497 e. The number of benzene rings is 3. The third kappa shape index (κ3) is 3.41. The van der Waals surface area contributed by atoms with Crippen molar-refractivity contribution < 1.29 is 14.3 Å². The third-order valence-electron chi connectivity index (χ3n) is 5.43. The van der Waals surface area contributed by atoms with Crippen molar-refractivity contribution in [2.24, 2.45) is 0 Å². The first kappa shape index (κ1) is 19.5. The molecule has 6 nitrogen and oxygen atoms in total. The lowest BCUT2D eigenvalue weighted by molar-refractivity contribution is -0.121. The molecule has 2 heterocycles. The number of aryl methyl sites for hydroxylation is 1. The number of nitrogens with zero attached hydrogens (tertiary/aromatic N) is 3. The number of methoxy groups -OCH3 is 1. The summed E-state index contributed by atoms with van der Waals surface area (Å²) < 4.78 is 5.28. The fraction of sp³-hybridized carbons (Fsp3) is 0.167. The number of rotatable bonds is 4. The molecule has 0 aliphatic carbocycles. The lowest BCUT2D eigenvalue weighted by Gasteiger charge is -2.17. The van der Waals surface area contributed by atoms with Gasteiger partial charge in [-0.15, -0.1) is 0 Å². The monoisotopic (exact) mass is 429 g/mol. The van der Waals surface area contributed by atoms with Gasteiger partial charge in [0.15, 0.2) is 5.16 Å². The van der Waals surface area contributed by atoms with Gasteiger partial charge in [0.25, 0.3) is 0 Å². The fourth-order valence-corrected chi connectivity index (χ4v) is 4.92. The minimum Gasteiger partial charge on any atom is -0.497 e. The number of aromatic nitrogens is 2. The summed E-state index contributed by atoms with van der Waals surface area (Å²) in [5, 5.41) is 2.70. The molecule has 0 bridgehead atoms. The summed E-state index contributed by atoms with van der Waals surface area (Å²) in [6.45, 7) is 1.90. The summed E-state index contributed by atoms with van der Waals surface area (Å²) in [6, 6.07) is 19.0. The molecule has 0 spiro atoms. The van der Waals surface area contributed by atoms with Crippen molar-refractivity contribution >= 4 is 50.9 Å². The van der Waals surface area contributed by atoms with Gasteiger partial charge in [-0.3, -0.25) is 9.59 Å². The summed E-state index contributed by atoms with van der Waals surface area (Å²) in [5.74, 6) is 0.297. The lowest BCUT2D eigenvalue weighted by atomic mass is 10.1. The topological polar surface area (TPSA) is 72.4 Å². The highest BCUT2D eigenvalue weighted by Crippen LogP contribution is 2.36. The van der Waals surface area contributed by atoms with Crippen molar-refractivity contribution in [3.63, 3.8) is 0 Å². The van der Waals surface area contributed by atoms with E-state index >= 15 is 0 Å². The van der Waals surface area contributed by atoms with Gasteiger partial charge in [-0.1, -0.05) is 48.2 Å². The van der Waals surface area contributed by atoms with E-state index in [9.17, 15) is 9.59 Å². The second-order valence-corrected chi connectivity index (χ2v) is 8.52. The lowest BCUT2D eigenvalue weighted by Crippen LogP contribution is -2.31. The fourth-order valence-electron chi connectivity index (χ4n) is 3.89. The molecule has 5 rings (SSSR count). The molecule has 7 heteroatoms. The van der Waals surface area contributed by atoms with Crippen LogP contribution in [0.4, 0.5) is 5.69 Å². The number of fused-ring (bicyclic) bond motifs is 2. The molecule has 1 aromatic heterocycles. The molecule has 3 aromatic carbocycles. The van der Waals surface area contributed by atoms with Crippen LogP contribution in [-0.4, -0.2) is 34.1 Å².